The number of unbranched alkanes of at least 4 members (excludes halogenated alkanes) is 7. The number of hydrogen-bond acceptors (Lipinski definition) is 5. The minimum Gasteiger partial charge on any atom is -0.496 e. The molecule has 8 heteroatoms. The maximum atomic E-state index is 13.4. The van der Waals surface area contributed by atoms with E-state index in [9.17, 15) is 13.2 Å². The van der Waals surface area contributed by atoms with Gasteiger partial charge in [0.05, 0.1) is 18.4 Å². The predicted octanol–water partition coefficient (Wildman–Crippen LogP) is 8.51. The number of halogens is 3. The van der Waals surface area contributed by atoms with Crippen LogP contribution in [0.25, 0.3) is 0 Å². The first-order valence-electron chi connectivity index (χ1n) is 16.4. The molecule has 0 spiro atoms. The molecule has 2 N–H and O–H groups in total. The third-order valence-corrected chi connectivity index (χ3v) is 8.45. The van der Waals surface area contributed by atoms with Gasteiger partial charge in [-0.1, -0.05) is 76.0 Å². The molecule has 1 unspecified atom stereocenters. The fraction of sp³-hybridized carbons (Fsp3) is 0.541. The summed E-state index contributed by atoms with van der Waals surface area (Å²) in [6.07, 6.45) is 16.8. The number of hydrogen-bond donors (Lipinski definition) is 1. The van der Waals surface area contributed by atoms with Crippen molar-refractivity contribution in [3.63, 3.8) is 0 Å². The van der Waals surface area contributed by atoms with Gasteiger partial charge in [-0.25, -0.2) is 0 Å². The topological polar surface area (TPSA) is 54.6 Å². The molecule has 4 rings (SSSR count). The molecule has 0 radical (unpaired) electrons. The van der Waals surface area contributed by atoms with Crippen LogP contribution in [0.5, 0.6) is 5.75 Å². The van der Waals surface area contributed by atoms with E-state index in [1.54, 1.807) is 13.1 Å². The summed E-state index contributed by atoms with van der Waals surface area (Å²) in [5.74, 6) is 6.20. The first kappa shape index (κ1) is 36.2. The number of nitrogens with two attached hydrogens (primary N) is 1. The predicted molar refractivity (Wildman–Crippen MR) is 178 cm³/mol. The van der Waals surface area contributed by atoms with Gasteiger partial charge in [0, 0.05) is 36.1 Å². The molecule has 0 bridgehead atoms. The summed E-state index contributed by atoms with van der Waals surface area (Å²) in [5.41, 5.74) is 7.85. The van der Waals surface area contributed by atoms with E-state index in [-0.39, 0.29) is 5.75 Å². The molecule has 45 heavy (non-hydrogen) atoms. The average molecular weight is 625 g/mol. The number of methoxy groups -OCH3 is 1. The summed E-state index contributed by atoms with van der Waals surface area (Å²) in [4.78, 5) is 9.10. The first-order valence-corrected chi connectivity index (χ1v) is 16.4. The van der Waals surface area contributed by atoms with Gasteiger partial charge in [0.1, 0.15) is 11.8 Å². The fourth-order valence-electron chi connectivity index (χ4n) is 6.06. The van der Waals surface area contributed by atoms with Crippen molar-refractivity contribution in [3.05, 3.63) is 82.8 Å². The quantitative estimate of drug-likeness (QED) is 0.179. The van der Waals surface area contributed by atoms with Crippen molar-refractivity contribution < 1.29 is 17.9 Å². The minimum atomic E-state index is -4.46. The number of likely N-dealkylation sites (tertiary alicyclic amines) is 1. The Morgan fingerprint density at radius 2 is 1.82 bits per heavy atom. The molecule has 0 aliphatic carbocycles. The second kappa shape index (κ2) is 18.6. The third-order valence-electron chi connectivity index (χ3n) is 8.45. The van der Waals surface area contributed by atoms with E-state index in [4.69, 9.17) is 10.5 Å². The van der Waals surface area contributed by atoms with Crippen LogP contribution in [0.3, 0.4) is 0 Å². The number of nitrogens with zero attached hydrogens (tertiary/aromatic N) is 3. The smallest absolute Gasteiger partial charge is 0.416 e. The van der Waals surface area contributed by atoms with Crippen LogP contribution in [-0.2, 0) is 6.18 Å². The lowest BCUT2D eigenvalue weighted by Crippen LogP contribution is -2.33. The molecular weight excluding hydrogens is 573 g/mol. The lowest BCUT2D eigenvalue weighted by molar-refractivity contribution is -0.137. The Morgan fingerprint density at radius 3 is 2.44 bits per heavy atom. The molecule has 246 valence electrons. The molecule has 0 saturated carbocycles. The van der Waals surface area contributed by atoms with E-state index in [2.05, 4.69) is 58.9 Å². The number of ether oxygens (including phenoxy) is 1. The Kier molecular flexibility index (Phi) is 15.0. The number of likely N-dealkylation sites (N-methyl/N-ethyl adjacent to an activating group) is 1. The molecular formula is C37H51F3N4O. The zero-order chi connectivity index (χ0) is 32.7. The van der Waals surface area contributed by atoms with Crippen molar-refractivity contribution in [2.24, 2.45) is 5.73 Å². The number of alkyl halides is 3. The lowest BCUT2D eigenvalue weighted by Gasteiger charge is -2.35. The zero-order valence-corrected chi connectivity index (χ0v) is 27.5. The van der Waals surface area contributed by atoms with Crippen LogP contribution in [0.15, 0.2) is 60.5 Å². The van der Waals surface area contributed by atoms with Crippen LogP contribution in [0.4, 0.5) is 13.2 Å². The number of benzene rings is 1. The first-order chi connectivity index (χ1) is 21.7. The average Bonchev–Trinajstić information content (AvgIpc) is 3.47. The molecule has 1 fully saturated rings. The van der Waals surface area contributed by atoms with Gasteiger partial charge in [-0.2, -0.15) is 13.2 Å². The summed E-state index contributed by atoms with van der Waals surface area (Å²) in [5, 5.41) is 0. The normalized spacial score (nSPS) is 17.2. The summed E-state index contributed by atoms with van der Waals surface area (Å²) >= 11 is 0. The molecule has 1 aromatic carbocycles. The highest BCUT2D eigenvalue weighted by Gasteiger charge is 2.34. The highest BCUT2D eigenvalue weighted by atomic mass is 19.4. The van der Waals surface area contributed by atoms with Crippen LogP contribution in [0.2, 0.25) is 0 Å². The van der Waals surface area contributed by atoms with Crippen LogP contribution in [0, 0.1) is 11.8 Å². The van der Waals surface area contributed by atoms with E-state index in [0.717, 1.165) is 43.6 Å². The highest BCUT2D eigenvalue weighted by Crippen LogP contribution is 2.40. The van der Waals surface area contributed by atoms with E-state index < -0.39 is 17.8 Å². The molecule has 1 saturated heterocycles. The van der Waals surface area contributed by atoms with Crippen LogP contribution in [0.1, 0.15) is 106 Å². The second-order valence-corrected chi connectivity index (χ2v) is 11.8. The number of rotatable bonds is 13. The van der Waals surface area contributed by atoms with E-state index in [1.165, 1.54) is 70.1 Å². The van der Waals surface area contributed by atoms with Crippen LogP contribution in [-0.4, -0.2) is 54.6 Å². The second-order valence-electron chi connectivity index (χ2n) is 11.8. The molecule has 2 aromatic rings. The van der Waals surface area contributed by atoms with Gasteiger partial charge in [0.15, 0.2) is 0 Å². The van der Waals surface area contributed by atoms with E-state index in [0.29, 0.717) is 23.8 Å². The van der Waals surface area contributed by atoms with Gasteiger partial charge in [-0.3, -0.25) is 9.88 Å². The molecule has 2 aliphatic rings. The van der Waals surface area contributed by atoms with Crippen molar-refractivity contribution in [2.75, 3.05) is 33.8 Å². The fourth-order valence-corrected chi connectivity index (χ4v) is 6.06. The Labute approximate surface area is 268 Å². The van der Waals surface area contributed by atoms with Gasteiger partial charge >= 0.3 is 6.18 Å². The van der Waals surface area contributed by atoms with Gasteiger partial charge < -0.3 is 15.4 Å². The summed E-state index contributed by atoms with van der Waals surface area (Å²) in [7, 11) is 3.52. The molecule has 1 aromatic heterocycles. The standard InChI is InChI=1S/C27H28F3N3O.C10H23N/c1-4-8-19-9-5-14-31-25(19)26(22-13-12-21(27(28,29)30)17-24(22)34-3)33-16-6-10-20(18-33)23-11-7-15-32(23)2;1-2-3-4-5-6-7-8-9-10-11/h5-6,9-10,12-14,17-18,23,26H,7,11,15-16H2,1-3H3;2-11H2,1H3/t23-,26?;/m0./s1. The molecule has 3 heterocycles. The van der Waals surface area contributed by atoms with Crippen LogP contribution < -0.4 is 10.5 Å². The minimum absolute atomic E-state index is 0.170. The lowest BCUT2D eigenvalue weighted by atomic mass is 9.94. The Balaban J connectivity index is 0.000000430. The van der Waals surface area contributed by atoms with Crippen LogP contribution >= 0.6 is 0 Å². The van der Waals surface area contributed by atoms with E-state index >= 15 is 0 Å². The van der Waals surface area contributed by atoms with Gasteiger partial charge in [0.25, 0.3) is 0 Å². The highest BCUT2D eigenvalue weighted by molar-refractivity contribution is 5.49. The van der Waals surface area contributed by atoms with Gasteiger partial charge in [-0.05, 0) is 76.2 Å². The molecule has 2 aliphatic heterocycles. The summed E-state index contributed by atoms with van der Waals surface area (Å²) in [6.45, 7) is 6.51. The monoisotopic (exact) mass is 624 g/mol. The zero-order valence-electron chi connectivity index (χ0n) is 27.5. The van der Waals surface area contributed by atoms with Crippen molar-refractivity contribution in [1.29, 1.82) is 0 Å². The SMILES string of the molecule is CC#Cc1cccnc1C(c1ccc(C(F)(F)F)cc1OC)N1C=C([C@@H]2CCCN2C)C=CC1.CCCCCCCCCCN. The Bertz CT molecular complexity index is 1300. The molecule has 2 atom stereocenters. The number of pyridine rings is 1. The maximum Gasteiger partial charge on any atom is 0.416 e. The summed E-state index contributed by atoms with van der Waals surface area (Å²) in [6, 6.07) is 7.21. The maximum absolute atomic E-state index is 13.4. The van der Waals surface area contributed by atoms with Crippen molar-refractivity contribution in [1.82, 2.24) is 14.8 Å². The van der Waals surface area contributed by atoms with Crippen molar-refractivity contribution >= 4 is 0 Å². The van der Waals surface area contributed by atoms with Gasteiger partial charge in [0.2, 0.25) is 0 Å². The molecule has 5 nitrogen and oxygen atoms in total. The van der Waals surface area contributed by atoms with E-state index in [1.807, 2.05) is 12.1 Å². The van der Waals surface area contributed by atoms with Crippen molar-refractivity contribution in [2.45, 2.75) is 96.3 Å². The molecule has 0 amide bonds. The van der Waals surface area contributed by atoms with Crippen molar-refractivity contribution in [3.8, 4) is 17.6 Å². The van der Waals surface area contributed by atoms with Gasteiger partial charge in [-0.15, -0.1) is 5.92 Å². The summed E-state index contributed by atoms with van der Waals surface area (Å²) < 4.78 is 45.7. The Hall–Kier alpha value is -3.28. The Morgan fingerprint density at radius 1 is 1.09 bits per heavy atom. The largest absolute Gasteiger partial charge is 0.496 e. The third kappa shape index (κ3) is 10.6. The number of aromatic nitrogens is 1.